The standard InChI is InChI=1S/C22H30N4O5S2/c1-22(2,3)19-14-20(26(24-19)17-10-13-32(28,29)15-17)23-21(27)16-6-8-18(9-7-16)33(30,31)25-11-4-5-12-25/h6-9,14,17H,4-5,10-13,15H2,1-3H3,(H,23,27). The molecule has 2 aliphatic rings. The third kappa shape index (κ3) is 4.99. The van der Waals surface area contributed by atoms with Gasteiger partial charge in [-0.15, -0.1) is 0 Å². The quantitative estimate of drug-likeness (QED) is 0.683. The minimum absolute atomic E-state index is 0.00973. The molecule has 2 fully saturated rings. The molecule has 4 rings (SSSR count). The van der Waals surface area contributed by atoms with Crippen LogP contribution in [-0.2, 0) is 25.3 Å². The summed E-state index contributed by atoms with van der Waals surface area (Å²) in [6, 6.07) is 7.31. The zero-order valence-electron chi connectivity index (χ0n) is 19.1. The number of carbonyl (C=O) groups excluding carboxylic acids is 1. The van der Waals surface area contributed by atoms with E-state index in [0.29, 0.717) is 30.9 Å². The Labute approximate surface area is 195 Å². The van der Waals surface area contributed by atoms with Gasteiger partial charge in [-0.1, -0.05) is 20.8 Å². The normalized spacial score (nSPS) is 21.4. The van der Waals surface area contributed by atoms with Crippen molar-refractivity contribution in [1.82, 2.24) is 14.1 Å². The van der Waals surface area contributed by atoms with Crippen molar-refractivity contribution in [1.29, 1.82) is 0 Å². The van der Waals surface area contributed by atoms with Crippen LogP contribution in [0.5, 0.6) is 0 Å². The first kappa shape index (κ1) is 23.9. The van der Waals surface area contributed by atoms with Gasteiger partial charge >= 0.3 is 0 Å². The van der Waals surface area contributed by atoms with Gasteiger partial charge < -0.3 is 5.32 Å². The number of hydrogen-bond donors (Lipinski definition) is 1. The van der Waals surface area contributed by atoms with Crippen molar-refractivity contribution < 1.29 is 21.6 Å². The number of benzene rings is 1. The Morgan fingerprint density at radius 2 is 1.76 bits per heavy atom. The molecule has 2 aromatic rings. The van der Waals surface area contributed by atoms with E-state index >= 15 is 0 Å². The molecule has 0 saturated carbocycles. The second-order valence-corrected chi connectivity index (χ2v) is 13.9. The van der Waals surface area contributed by atoms with Crippen LogP contribution in [0.15, 0.2) is 35.2 Å². The zero-order valence-corrected chi connectivity index (χ0v) is 20.7. The second-order valence-electron chi connectivity index (χ2n) is 9.76. The highest BCUT2D eigenvalue weighted by Crippen LogP contribution is 2.31. The molecule has 9 nitrogen and oxygen atoms in total. The van der Waals surface area contributed by atoms with Crippen LogP contribution >= 0.6 is 0 Å². The Morgan fingerprint density at radius 1 is 1.12 bits per heavy atom. The number of nitrogens with zero attached hydrogens (tertiary/aromatic N) is 3. The molecule has 0 bridgehead atoms. The molecule has 3 heterocycles. The molecule has 1 unspecified atom stereocenters. The van der Waals surface area contributed by atoms with Crippen LogP contribution in [0.4, 0.5) is 5.82 Å². The number of sulfonamides is 1. The summed E-state index contributed by atoms with van der Waals surface area (Å²) < 4.78 is 52.5. The Morgan fingerprint density at radius 3 is 2.30 bits per heavy atom. The fourth-order valence-corrected chi connectivity index (χ4v) is 7.35. The first-order valence-electron chi connectivity index (χ1n) is 11.1. The van der Waals surface area contributed by atoms with Gasteiger partial charge in [-0.2, -0.15) is 9.40 Å². The van der Waals surface area contributed by atoms with Gasteiger partial charge in [-0.05, 0) is 43.5 Å². The van der Waals surface area contributed by atoms with E-state index in [9.17, 15) is 21.6 Å². The fourth-order valence-electron chi connectivity index (χ4n) is 4.15. The SMILES string of the molecule is CC(C)(C)c1cc(NC(=O)c2ccc(S(=O)(=O)N3CCCC3)cc2)n(C2CCS(=O)(=O)C2)n1. The number of aromatic nitrogens is 2. The molecule has 1 N–H and O–H groups in total. The molecule has 11 heteroatoms. The third-order valence-electron chi connectivity index (χ3n) is 6.12. The molecule has 33 heavy (non-hydrogen) atoms. The van der Waals surface area contributed by atoms with E-state index < -0.39 is 25.8 Å². The highest BCUT2D eigenvalue weighted by atomic mass is 32.2. The lowest BCUT2D eigenvalue weighted by Crippen LogP contribution is -2.27. The van der Waals surface area contributed by atoms with Crippen LogP contribution in [-0.4, -0.2) is 61.4 Å². The average molecular weight is 495 g/mol. The predicted molar refractivity (Wildman–Crippen MR) is 126 cm³/mol. The number of carbonyl (C=O) groups is 1. The minimum Gasteiger partial charge on any atom is -0.307 e. The van der Waals surface area contributed by atoms with Crippen molar-refractivity contribution in [3.63, 3.8) is 0 Å². The maximum atomic E-state index is 13.0. The number of sulfone groups is 1. The van der Waals surface area contributed by atoms with Crippen molar-refractivity contribution in [2.45, 2.75) is 56.4 Å². The van der Waals surface area contributed by atoms with E-state index in [4.69, 9.17) is 0 Å². The summed E-state index contributed by atoms with van der Waals surface area (Å²) in [6.07, 6.45) is 2.15. The van der Waals surface area contributed by atoms with E-state index in [1.165, 1.54) is 28.6 Å². The Bertz CT molecular complexity index is 1250. The van der Waals surface area contributed by atoms with Crippen molar-refractivity contribution in [2.75, 3.05) is 29.9 Å². The molecule has 1 amide bonds. The number of rotatable bonds is 5. The van der Waals surface area contributed by atoms with Crippen LogP contribution in [0.1, 0.15) is 62.1 Å². The molecule has 0 radical (unpaired) electrons. The van der Waals surface area contributed by atoms with Crippen molar-refractivity contribution >= 4 is 31.6 Å². The lowest BCUT2D eigenvalue weighted by Gasteiger charge is -2.16. The summed E-state index contributed by atoms with van der Waals surface area (Å²) in [4.78, 5) is 13.1. The summed E-state index contributed by atoms with van der Waals surface area (Å²) in [6.45, 7) is 7.02. The Hall–Kier alpha value is -2.24. The van der Waals surface area contributed by atoms with Crippen LogP contribution in [0, 0.1) is 0 Å². The van der Waals surface area contributed by atoms with Gasteiger partial charge in [0.2, 0.25) is 10.0 Å². The topological polar surface area (TPSA) is 118 Å². The molecule has 1 atom stereocenters. The van der Waals surface area contributed by atoms with Gasteiger partial charge in [0.15, 0.2) is 9.84 Å². The van der Waals surface area contributed by atoms with Gasteiger partial charge in [0.1, 0.15) is 5.82 Å². The lowest BCUT2D eigenvalue weighted by molar-refractivity contribution is 0.102. The molecule has 1 aromatic heterocycles. The Balaban J connectivity index is 1.57. The van der Waals surface area contributed by atoms with Gasteiger partial charge in [0.25, 0.3) is 5.91 Å². The van der Waals surface area contributed by atoms with Gasteiger partial charge in [0.05, 0.1) is 28.1 Å². The summed E-state index contributed by atoms with van der Waals surface area (Å²) in [7, 11) is -6.68. The number of anilines is 1. The smallest absolute Gasteiger partial charge is 0.256 e. The van der Waals surface area contributed by atoms with Crippen LogP contribution in [0.25, 0.3) is 0 Å². The van der Waals surface area contributed by atoms with E-state index in [2.05, 4.69) is 10.4 Å². The third-order valence-corrected chi connectivity index (χ3v) is 9.78. The first-order valence-corrected chi connectivity index (χ1v) is 14.3. The molecule has 0 aliphatic carbocycles. The first-order chi connectivity index (χ1) is 15.4. The highest BCUT2D eigenvalue weighted by Gasteiger charge is 2.33. The summed E-state index contributed by atoms with van der Waals surface area (Å²) in [5.74, 6) is 0.107. The van der Waals surface area contributed by atoms with E-state index in [-0.39, 0.29) is 27.9 Å². The van der Waals surface area contributed by atoms with Crippen molar-refractivity contribution in [3.05, 3.63) is 41.6 Å². The molecular weight excluding hydrogens is 464 g/mol. The molecule has 2 aliphatic heterocycles. The lowest BCUT2D eigenvalue weighted by atomic mass is 9.92. The minimum atomic E-state index is -3.55. The zero-order chi connectivity index (χ0) is 24.0. The largest absolute Gasteiger partial charge is 0.307 e. The second kappa shape index (κ2) is 8.52. The van der Waals surface area contributed by atoms with Gasteiger partial charge in [-0.25, -0.2) is 21.5 Å². The molecule has 0 spiro atoms. The van der Waals surface area contributed by atoms with Crippen LogP contribution in [0.2, 0.25) is 0 Å². The number of hydrogen-bond acceptors (Lipinski definition) is 6. The average Bonchev–Trinajstić information content (AvgIpc) is 3.47. The maximum Gasteiger partial charge on any atom is 0.256 e. The van der Waals surface area contributed by atoms with Gasteiger partial charge in [0, 0.05) is 30.1 Å². The van der Waals surface area contributed by atoms with Crippen LogP contribution in [0.3, 0.4) is 0 Å². The fraction of sp³-hybridized carbons (Fsp3) is 0.545. The number of amides is 1. The summed E-state index contributed by atoms with van der Waals surface area (Å²) in [5, 5.41) is 7.46. The predicted octanol–water partition coefficient (Wildman–Crippen LogP) is 2.58. The molecule has 180 valence electrons. The van der Waals surface area contributed by atoms with Crippen molar-refractivity contribution in [2.24, 2.45) is 0 Å². The molecule has 2 saturated heterocycles. The Kier molecular flexibility index (Phi) is 6.17. The van der Waals surface area contributed by atoms with Crippen LogP contribution < -0.4 is 5.32 Å². The summed E-state index contributed by atoms with van der Waals surface area (Å²) in [5.41, 5.74) is 0.766. The van der Waals surface area contributed by atoms with E-state index in [0.717, 1.165) is 18.5 Å². The number of nitrogens with one attached hydrogen (secondary N) is 1. The van der Waals surface area contributed by atoms with Gasteiger partial charge in [-0.3, -0.25) is 4.79 Å². The monoisotopic (exact) mass is 494 g/mol. The summed E-state index contributed by atoms with van der Waals surface area (Å²) >= 11 is 0. The molecular formula is C22H30N4O5S2. The molecule has 1 aromatic carbocycles. The van der Waals surface area contributed by atoms with E-state index in [1.807, 2.05) is 20.8 Å². The highest BCUT2D eigenvalue weighted by molar-refractivity contribution is 7.91. The van der Waals surface area contributed by atoms with Crippen molar-refractivity contribution in [3.8, 4) is 0 Å². The van der Waals surface area contributed by atoms with E-state index in [1.54, 1.807) is 10.7 Å². The maximum absolute atomic E-state index is 13.0.